The maximum atomic E-state index is 13.0. The van der Waals surface area contributed by atoms with Crippen molar-refractivity contribution in [1.82, 2.24) is 10.6 Å². The first-order valence-corrected chi connectivity index (χ1v) is 9.76. The number of methoxy groups -OCH3 is 1. The van der Waals surface area contributed by atoms with Gasteiger partial charge in [0.2, 0.25) is 0 Å². The molecule has 2 aromatic carbocycles. The monoisotopic (exact) mass is 512 g/mol. The molecule has 2 N–H and O–H groups in total. The van der Waals surface area contributed by atoms with Crippen molar-refractivity contribution in [1.29, 1.82) is 0 Å². The number of guanidine groups is 1. The third-order valence-electron chi connectivity index (χ3n) is 5.11. The molecule has 1 aliphatic heterocycles. The highest BCUT2D eigenvalue weighted by atomic mass is 127. The molecule has 0 amide bonds. The topological polar surface area (TPSA) is 48.9 Å². The van der Waals surface area contributed by atoms with Crippen LogP contribution in [0.4, 0.5) is 10.1 Å². The molecule has 0 aromatic heterocycles. The van der Waals surface area contributed by atoms with Crippen molar-refractivity contribution < 1.29 is 9.13 Å². The van der Waals surface area contributed by atoms with Gasteiger partial charge >= 0.3 is 0 Å². The Morgan fingerprint density at radius 1 is 1.21 bits per heavy atom. The Morgan fingerprint density at radius 2 is 2.00 bits per heavy atom. The van der Waals surface area contributed by atoms with Crippen LogP contribution in [-0.4, -0.2) is 46.3 Å². The fourth-order valence-corrected chi connectivity index (χ4v) is 3.48. The lowest BCUT2D eigenvalue weighted by atomic mass is 10.1. The van der Waals surface area contributed by atoms with Crippen LogP contribution < -0.4 is 20.3 Å². The molecule has 0 aliphatic carbocycles. The quantitative estimate of drug-likeness (QED) is 0.338. The largest absolute Gasteiger partial charge is 0.497 e. The average Bonchev–Trinajstić information content (AvgIpc) is 3.21. The molecule has 5 nitrogen and oxygen atoms in total. The van der Waals surface area contributed by atoms with Crippen LogP contribution in [0.25, 0.3) is 0 Å². The zero-order valence-electron chi connectivity index (χ0n) is 17.0. The fourth-order valence-electron chi connectivity index (χ4n) is 3.48. The number of halogens is 2. The van der Waals surface area contributed by atoms with Gasteiger partial charge in [0.15, 0.2) is 5.96 Å². The molecule has 0 bridgehead atoms. The fraction of sp³-hybridized carbons (Fsp3) is 0.409. The molecule has 29 heavy (non-hydrogen) atoms. The molecule has 1 atom stereocenters. The summed E-state index contributed by atoms with van der Waals surface area (Å²) in [5.74, 6) is 2.07. The molecule has 0 radical (unpaired) electrons. The van der Waals surface area contributed by atoms with Crippen LogP contribution in [0.3, 0.4) is 0 Å². The summed E-state index contributed by atoms with van der Waals surface area (Å²) in [6.07, 6.45) is 1.98. The zero-order valence-corrected chi connectivity index (χ0v) is 19.4. The van der Waals surface area contributed by atoms with E-state index in [1.807, 2.05) is 24.3 Å². The number of benzene rings is 2. The van der Waals surface area contributed by atoms with E-state index in [1.165, 1.54) is 17.8 Å². The van der Waals surface area contributed by atoms with Crippen LogP contribution in [0.5, 0.6) is 5.75 Å². The number of nitrogens with one attached hydrogen (secondary N) is 2. The first-order chi connectivity index (χ1) is 13.7. The summed E-state index contributed by atoms with van der Waals surface area (Å²) < 4.78 is 18.3. The summed E-state index contributed by atoms with van der Waals surface area (Å²) in [6, 6.07) is 14.9. The first-order valence-electron chi connectivity index (χ1n) is 9.76. The molecule has 1 saturated heterocycles. The van der Waals surface area contributed by atoms with Crippen molar-refractivity contribution in [3.63, 3.8) is 0 Å². The van der Waals surface area contributed by atoms with Gasteiger partial charge in [-0.1, -0.05) is 18.2 Å². The van der Waals surface area contributed by atoms with E-state index in [2.05, 4.69) is 32.7 Å². The van der Waals surface area contributed by atoms with Crippen molar-refractivity contribution in [3.8, 4) is 5.75 Å². The number of hydrogen-bond donors (Lipinski definition) is 2. The van der Waals surface area contributed by atoms with Crippen molar-refractivity contribution in [2.75, 3.05) is 45.2 Å². The highest BCUT2D eigenvalue weighted by Gasteiger charge is 2.23. The van der Waals surface area contributed by atoms with E-state index < -0.39 is 0 Å². The van der Waals surface area contributed by atoms with E-state index in [1.54, 1.807) is 14.2 Å². The van der Waals surface area contributed by atoms with Gasteiger partial charge < -0.3 is 20.3 Å². The highest BCUT2D eigenvalue weighted by molar-refractivity contribution is 14.0. The second-order valence-electron chi connectivity index (χ2n) is 7.06. The van der Waals surface area contributed by atoms with Gasteiger partial charge in [0.25, 0.3) is 0 Å². The van der Waals surface area contributed by atoms with Gasteiger partial charge in [-0.2, -0.15) is 0 Å². The van der Waals surface area contributed by atoms with Crippen LogP contribution >= 0.6 is 24.0 Å². The molecule has 0 saturated carbocycles. The summed E-state index contributed by atoms with van der Waals surface area (Å²) in [4.78, 5) is 6.70. The van der Waals surface area contributed by atoms with Crippen LogP contribution in [-0.2, 0) is 6.42 Å². The third-order valence-corrected chi connectivity index (χ3v) is 5.11. The summed E-state index contributed by atoms with van der Waals surface area (Å²) in [5, 5.41) is 6.76. The van der Waals surface area contributed by atoms with Crippen LogP contribution in [0.1, 0.15) is 12.0 Å². The van der Waals surface area contributed by atoms with E-state index in [0.29, 0.717) is 5.92 Å². The minimum atomic E-state index is -0.200. The van der Waals surface area contributed by atoms with E-state index >= 15 is 0 Å². The van der Waals surface area contributed by atoms with Crippen LogP contribution in [0, 0.1) is 11.7 Å². The molecule has 1 aliphatic rings. The average molecular weight is 512 g/mol. The molecule has 1 heterocycles. The minimum Gasteiger partial charge on any atom is -0.497 e. The Hall–Kier alpha value is -2.03. The first kappa shape index (κ1) is 23.3. The van der Waals surface area contributed by atoms with Crippen molar-refractivity contribution in [2.45, 2.75) is 12.8 Å². The van der Waals surface area contributed by atoms with Crippen LogP contribution in [0.2, 0.25) is 0 Å². The molecule has 2 aromatic rings. The maximum Gasteiger partial charge on any atom is 0.190 e. The van der Waals surface area contributed by atoms with Gasteiger partial charge in [-0.15, -0.1) is 24.0 Å². The molecule has 1 fully saturated rings. The number of rotatable bonds is 7. The summed E-state index contributed by atoms with van der Waals surface area (Å²) in [7, 11) is 3.48. The number of aliphatic imine (C=N–C) groups is 1. The molecule has 7 heteroatoms. The Balaban J connectivity index is 0.00000300. The Kier molecular flexibility index (Phi) is 9.50. The second kappa shape index (κ2) is 11.8. The predicted octanol–water partition coefficient (Wildman–Crippen LogP) is 3.69. The summed E-state index contributed by atoms with van der Waals surface area (Å²) >= 11 is 0. The van der Waals surface area contributed by atoms with Gasteiger partial charge in [-0.05, 0) is 48.6 Å². The normalized spacial score (nSPS) is 16.3. The maximum absolute atomic E-state index is 13.0. The van der Waals surface area contributed by atoms with Gasteiger partial charge in [0.1, 0.15) is 11.6 Å². The van der Waals surface area contributed by atoms with E-state index in [0.717, 1.165) is 56.3 Å². The van der Waals surface area contributed by atoms with Gasteiger partial charge in [-0.25, -0.2) is 4.39 Å². The standard InChI is InChI=1S/C22H29FN4O.HI/c1-24-22(25-12-10-17-6-8-19(23)9-7-17)26-15-18-11-13-27(16-18)20-4-3-5-21(14-20)28-2;/h3-9,14,18H,10-13,15-16H2,1-2H3,(H2,24,25,26);1H. The SMILES string of the molecule is CN=C(NCCc1ccc(F)cc1)NCC1CCN(c2cccc(OC)c2)C1.I. The number of anilines is 1. The van der Waals surface area contributed by atoms with E-state index in [-0.39, 0.29) is 29.8 Å². The predicted molar refractivity (Wildman–Crippen MR) is 128 cm³/mol. The summed E-state index contributed by atoms with van der Waals surface area (Å²) in [5.41, 5.74) is 2.32. The van der Waals surface area contributed by atoms with Crippen molar-refractivity contribution in [2.24, 2.45) is 10.9 Å². The molecule has 1 unspecified atom stereocenters. The lowest BCUT2D eigenvalue weighted by molar-refractivity contribution is 0.415. The summed E-state index contributed by atoms with van der Waals surface area (Å²) in [6.45, 7) is 3.71. The number of nitrogens with zero attached hydrogens (tertiary/aromatic N) is 2. The van der Waals surface area contributed by atoms with E-state index in [9.17, 15) is 4.39 Å². The number of ether oxygens (including phenoxy) is 1. The van der Waals surface area contributed by atoms with Crippen molar-refractivity contribution in [3.05, 3.63) is 59.9 Å². The Labute approximate surface area is 189 Å². The Bertz CT molecular complexity index is 785. The number of hydrogen-bond acceptors (Lipinski definition) is 3. The van der Waals surface area contributed by atoms with Gasteiger partial charge in [0.05, 0.1) is 7.11 Å². The lowest BCUT2D eigenvalue weighted by Crippen LogP contribution is -2.41. The van der Waals surface area contributed by atoms with Crippen LogP contribution in [0.15, 0.2) is 53.5 Å². The van der Waals surface area contributed by atoms with Crippen molar-refractivity contribution >= 4 is 35.6 Å². The molecular weight excluding hydrogens is 482 g/mol. The highest BCUT2D eigenvalue weighted by Crippen LogP contribution is 2.26. The molecule has 158 valence electrons. The molecular formula is C22H30FIN4O. The Morgan fingerprint density at radius 3 is 2.72 bits per heavy atom. The zero-order chi connectivity index (χ0) is 19.8. The minimum absolute atomic E-state index is 0. The molecule has 3 rings (SSSR count). The van der Waals surface area contributed by atoms with E-state index in [4.69, 9.17) is 4.74 Å². The van der Waals surface area contributed by atoms with Gasteiger partial charge in [-0.3, -0.25) is 4.99 Å². The lowest BCUT2D eigenvalue weighted by Gasteiger charge is -2.20. The van der Waals surface area contributed by atoms with Gasteiger partial charge in [0, 0.05) is 45.0 Å². The smallest absolute Gasteiger partial charge is 0.190 e. The third kappa shape index (κ3) is 7.06. The second-order valence-corrected chi connectivity index (χ2v) is 7.06. The molecule has 0 spiro atoms.